The Morgan fingerprint density at radius 3 is 2.78 bits per heavy atom. The van der Waals surface area contributed by atoms with E-state index in [1.807, 2.05) is 22.6 Å². The van der Waals surface area contributed by atoms with Gasteiger partial charge in [0.1, 0.15) is 11.2 Å². The maximum absolute atomic E-state index is 12.0. The largest absolute Gasteiger partial charge is 0.480 e. The number of fused-ring (bicyclic) bond motifs is 1. The summed E-state index contributed by atoms with van der Waals surface area (Å²) in [6, 6.07) is 1.58. The molecule has 0 spiro atoms. The van der Waals surface area contributed by atoms with Crippen molar-refractivity contribution in [3.8, 4) is 5.88 Å². The van der Waals surface area contributed by atoms with E-state index in [1.165, 1.54) is 17.9 Å². The average Bonchev–Trinajstić information content (AvgIpc) is 2.32. The van der Waals surface area contributed by atoms with Gasteiger partial charge in [-0.3, -0.25) is 4.79 Å². The third-order valence-electron chi connectivity index (χ3n) is 2.49. The second-order valence-corrected chi connectivity index (χ2v) is 4.80. The third-order valence-corrected chi connectivity index (χ3v) is 3.27. The van der Waals surface area contributed by atoms with Gasteiger partial charge in [0, 0.05) is 13.2 Å². The first kappa shape index (κ1) is 12.8. The lowest BCUT2D eigenvalue weighted by atomic mass is 10.2. The Balaban J connectivity index is 2.94. The molecule has 0 atom stereocenters. The van der Waals surface area contributed by atoms with Crippen LogP contribution < -0.4 is 10.2 Å². The van der Waals surface area contributed by atoms with Crippen LogP contribution in [0.1, 0.15) is 10.4 Å². The topological polar surface area (TPSA) is 81.4 Å². The minimum Gasteiger partial charge on any atom is -0.480 e. The number of carbonyl (C=O) groups is 1. The van der Waals surface area contributed by atoms with Crippen LogP contribution >= 0.6 is 22.6 Å². The molecule has 0 unspecified atom stereocenters. The molecule has 1 N–H and O–H groups in total. The van der Waals surface area contributed by atoms with Crippen molar-refractivity contribution in [2.45, 2.75) is 0 Å². The fourth-order valence-corrected chi connectivity index (χ4v) is 2.30. The Bertz CT molecular complexity index is 708. The van der Waals surface area contributed by atoms with E-state index in [1.54, 1.807) is 13.1 Å². The van der Waals surface area contributed by atoms with E-state index in [-0.39, 0.29) is 10.9 Å². The van der Waals surface area contributed by atoms with Crippen LogP contribution in [0.15, 0.2) is 17.1 Å². The summed E-state index contributed by atoms with van der Waals surface area (Å²) in [7, 11) is 3.12. The van der Waals surface area contributed by atoms with E-state index in [2.05, 4.69) is 4.98 Å². The molecule has 94 valence electrons. The molecule has 2 rings (SSSR count). The normalized spacial score (nSPS) is 10.6. The number of aromatic nitrogens is 2. The summed E-state index contributed by atoms with van der Waals surface area (Å²) in [6.07, 6.45) is 1.26. The highest BCUT2D eigenvalue weighted by molar-refractivity contribution is 14.1. The number of aromatic carboxylic acids is 1. The average molecular weight is 360 g/mol. The zero-order valence-corrected chi connectivity index (χ0v) is 11.8. The van der Waals surface area contributed by atoms with Crippen LogP contribution in [0.4, 0.5) is 0 Å². The van der Waals surface area contributed by atoms with Crippen LogP contribution in [0.2, 0.25) is 0 Å². The number of methoxy groups -OCH3 is 1. The first-order valence-electron chi connectivity index (χ1n) is 4.93. The summed E-state index contributed by atoms with van der Waals surface area (Å²) >= 11 is 1.98. The molecule has 0 bridgehead atoms. The molecule has 0 radical (unpaired) electrons. The van der Waals surface area contributed by atoms with Crippen molar-refractivity contribution in [1.29, 1.82) is 0 Å². The molecule has 0 saturated heterocycles. The third kappa shape index (κ3) is 1.94. The van der Waals surface area contributed by atoms with Gasteiger partial charge in [-0.2, -0.15) is 4.98 Å². The molecule has 2 aromatic heterocycles. The van der Waals surface area contributed by atoms with Gasteiger partial charge in [0.15, 0.2) is 0 Å². The number of nitrogens with zero attached hydrogens (tertiary/aromatic N) is 2. The smallest absolute Gasteiger partial charge is 0.341 e. The molecule has 0 saturated carbocycles. The number of hydrogen-bond donors (Lipinski definition) is 1. The van der Waals surface area contributed by atoms with Crippen LogP contribution in [0, 0.1) is 3.57 Å². The summed E-state index contributed by atoms with van der Waals surface area (Å²) in [5.74, 6) is -0.843. The SMILES string of the molecule is COc1nc2c(cc1I)c(=O)c(C(=O)O)cn2C. The number of pyridine rings is 2. The van der Waals surface area contributed by atoms with Crippen LogP contribution in [0.3, 0.4) is 0 Å². The first-order valence-corrected chi connectivity index (χ1v) is 6.00. The molecule has 6 nitrogen and oxygen atoms in total. The number of halogens is 1. The number of ether oxygens (including phenoxy) is 1. The fraction of sp³-hybridized carbons (Fsp3) is 0.182. The highest BCUT2D eigenvalue weighted by atomic mass is 127. The second-order valence-electron chi connectivity index (χ2n) is 3.64. The highest BCUT2D eigenvalue weighted by Crippen LogP contribution is 2.21. The summed E-state index contributed by atoms with van der Waals surface area (Å²) in [4.78, 5) is 27.2. The molecular formula is C11H9IN2O4. The summed E-state index contributed by atoms with van der Waals surface area (Å²) in [5, 5.41) is 9.23. The molecule has 18 heavy (non-hydrogen) atoms. The van der Waals surface area contributed by atoms with Crippen molar-refractivity contribution in [1.82, 2.24) is 9.55 Å². The van der Waals surface area contributed by atoms with Gasteiger partial charge < -0.3 is 14.4 Å². The van der Waals surface area contributed by atoms with E-state index in [0.29, 0.717) is 15.1 Å². The standard InChI is InChI=1S/C11H9IN2O4/c1-14-4-6(11(16)17)8(15)5-3-7(12)10(18-2)13-9(5)14/h3-4H,1-2H3,(H,16,17). The summed E-state index contributed by atoms with van der Waals surface area (Å²) < 4.78 is 7.23. The molecule has 0 fully saturated rings. The van der Waals surface area contributed by atoms with Crippen LogP contribution in [-0.2, 0) is 7.05 Å². The number of rotatable bonds is 2. The van der Waals surface area contributed by atoms with Gasteiger partial charge in [-0.1, -0.05) is 0 Å². The van der Waals surface area contributed by atoms with Crippen molar-refractivity contribution in [2.24, 2.45) is 7.05 Å². The molecule has 0 aliphatic heterocycles. The fourth-order valence-electron chi connectivity index (χ4n) is 1.65. The maximum atomic E-state index is 12.0. The first-order chi connectivity index (χ1) is 8.45. The van der Waals surface area contributed by atoms with Gasteiger partial charge in [-0.25, -0.2) is 4.79 Å². The van der Waals surface area contributed by atoms with Gasteiger partial charge in [0.05, 0.1) is 16.1 Å². The second kappa shape index (κ2) is 4.56. The number of carboxylic acids is 1. The monoisotopic (exact) mass is 360 g/mol. The van der Waals surface area contributed by atoms with Crippen LogP contribution in [-0.4, -0.2) is 27.7 Å². The molecule has 0 aliphatic rings. The van der Waals surface area contributed by atoms with E-state index >= 15 is 0 Å². The quantitative estimate of drug-likeness (QED) is 0.816. The predicted molar refractivity (Wildman–Crippen MR) is 73.2 cm³/mol. The molecule has 0 amide bonds. The van der Waals surface area contributed by atoms with Crippen molar-refractivity contribution in [3.05, 3.63) is 31.6 Å². The Morgan fingerprint density at radius 2 is 2.22 bits per heavy atom. The lowest BCUT2D eigenvalue weighted by Crippen LogP contribution is -2.18. The zero-order valence-electron chi connectivity index (χ0n) is 9.60. The van der Waals surface area contributed by atoms with E-state index in [0.717, 1.165) is 0 Å². The lowest BCUT2D eigenvalue weighted by Gasteiger charge is -2.09. The molecule has 0 aliphatic carbocycles. The van der Waals surface area contributed by atoms with Crippen molar-refractivity contribution in [3.63, 3.8) is 0 Å². The minimum atomic E-state index is -1.25. The molecular weight excluding hydrogens is 351 g/mol. The molecule has 0 aromatic carbocycles. The van der Waals surface area contributed by atoms with Gasteiger partial charge in [-0.05, 0) is 28.7 Å². The van der Waals surface area contributed by atoms with E-state index in [4.69, 9.17) is 9.84 Å². The number of aryl methyl sites for hydroxylation is 1. The lowest BCUT2D eigenvalue weighted by molar-refractivity contribution is 0.0695. The zero-order chi connectivity index (χ0) is 13.4. The van der Waals surface area contributed by atoms with Crippen molar-refractivity contribution >= 4 is 39.6 Å². The highest BCUT2D eigenvalue weighted by Gasteiger charge is 2.16. The Morgan fingerprint density at radius 1 is 1.56 bits per heavy atom. The van der Waals surface area contributed by atoms with E-state index in [9.17, 15) is 9.59 Å². The Hall–Kier alpha value is -1.64. The molecule has 2 aromatic rings. The number of carboxylic acid groups (broad SMARTS) is 1. The summed E-state index contributed by atoms with van der Waals surface area (Å²) in [6.45, 7) is 0. The van der Waals surface area contributed by atoms with Crippen LogP contribution in [0.25, 0.3) is 11.0 Å². The number of hydrogen-bond acceptors (Lipinski definition) is 4. The van der Waals surface area contributed by atoms with Crippen molar-refractivity contribution in [2.75, 3.05) is 7.11 Å². The molecule has 2 heterocycles. The minimum absolute atomic E-state index is 0.266. The Labute approximate surface area is 115 Å². The summed E-state index contributed by atoms with van der Waals surface area (Å²) in [5.41, 5.74) is -0.418. The van der Waals surface area contributed by atoms with Gasteiger partial charge in [0.2, 0.25) is 11.3 Å². The van der Waals surface area contributed by atoms with Gasteiger partial charge in [-0.15, -0.1) is 0 Å². The molecule has 7 heteroatoms. The maximum Gasteiger partial charge on any atom is 0.341 e. The Kier molecular flexibility index (Phi) is 3.24. The van der Waals surface area contributed by atoms with Gasteiger partial charge >= 0.3 is 5.97 Å². The van der Waals surface area contributed by atoms with Crippen molar-refractivity contribution < 1.29 is 14.6 Å². The van der Waals surface area contributed by atoms with Gasteiger partial charge in [0.25, 0.3) is 0 Å². The van der Waals surface area contributed by atoms with E-state index < -0.39 is 11.4 Å². The predicted octanol–water partition coefficient (Wildman–Crippen LogP) is 1.24. The van der Waals surface area contributed by atoms with Crippen LogP contribution in [0.5, 0.6) is 5.88 Å².